The summed E-state index contributed by atoms with van der Waals surface area (Å²) in [6.07, 6.45) is 1.84. The van der Waals surface area contributed by atoms with E-state index in [-0.39, 0.29) is 18.9 Å². The summed E-state index contributed by atoms with van der Waals surface area (Å²) in [7, 11) is 1.62. The predicted molar refractivity (Wildman–Crippen MR) is 59.2 cm³/mol. The number of carbonyl (C=O) groups is 3. The molecule has 0 saturated heterocycles. The molecule has 0 aromatic heterocycles. The minimum absolute atomic E-state index is 0.00884. The number of nitrogens with two attached hydrogens (primary N) is 1. The third-order valence-electron chi connectivity index (χ3n) is 2.69. The lowest BCUT2D eigenvalue weighted by Gasteiger charge is -2.20. The summed E-state index contributed by atoms with van der Waals surface area (Å²) >= 11 is 0. The first-order valence-corrected chi connectivity index (χ1v) is 5.46. The fraction of sp³-hybridized carbons (Fsp3) is 0.700. The molecule has 0 heterocycles. The average molecular weight is 243 g/mol. The average Bonchev–Trinajstić information content (AvgIpc) is 3.05. The van der Waals surface area contributed by atoms with Gasteiger partial charge in [-0.15, -0.1) is 0 Å². The number of hydrogen-bond acceptors (Lipinski definition) is 3. The van der Waals surface area contributed by atoms with Crippen molar-refractivity contribution < 1.29 is 19.5 Å². The summed E-state index contributed by atoms with van der Waals surface area (Å²) in [4.78, 5) is 34.5. The minimum atomic E-state index is -1.16. The first-order valence-electron chi connectivity index (χ1n) is 5.46. The maximum absolute atomic E-state index is 11.6. The highest BCUT2D eigenvalue weighted by Crippen LogP contribution is 2.25. The van der Waals surface area contributed by atoms with Crippen LogP contribution in [0, 0.1) is 0 Å². The molecule has 0 radical (unpaired) electrons. The van der Waals surface area contributed by atoms with Gasteiger partial charge in [-0.25, -0.2) is 9.59 Å². The van der Waals surface area contributed by atoms with Gasteiger partial charge in [0.25, 0.3) is 0 Å². The Labute approximate surface area is 98.9 Å². The van der Waals surface area contributed by atoms with Gasteiger partial charge in [0, 0.05) is 19.5 Å². The molecule has 0 aliphatic heterocycles. The van der Waals surface area contributed by atoms with Gasteiger partial charge in [0.05, 0.1) is 0 Å². The van der Waals surface area contributed by atoms with Gasteiger partial charge in [0.15, 0.2) is 0 Å². The smallest absolute Gasteiger partial charge is 0.326 e. The van der Waals surface area contributed by atoms with Crippen LogP contribution in [0.15, 0.2) is 0 Å². The number of nitrogens with zero attached hydrogens (tertiary/aromatic N) is 1. The first-order chi connectivity index (χ1) is 7.91. The van der Waals surface area contributed by atoms with Crippen molar-refractivity contribution in [2.75, 3.05) is 7.05 Å². The maximum Gasteiger partial charge on any atom is 0.326 e. The normalized spacial score (nSPS) is 16.1. The predicted octanol–water partition coefficient (Wildman–Crippen LogP) is -0.491. The third-order valence-corrected chi connectivity index (χ3v) is 2.69. The van der Waals surface area contributed by atoms with E-state index >= 15 is 0 Å². The van der Waals surface area contributed by atoms with E-state index < -0.39 is 23.9 Å². The second kappa shape index (κ2) is 5.51. The standard InChI is InChI=1S/C10H17N3O4/c1-13(6-2-3-6)10(17)12-7(9(15)16)4-5-8(11)14/h6-7H,2-5H2,1H3,(H2,11,14)(H,12,17)(H,15,16)/t7-/m1/s1. The zero-order valence-electron chi connectivity index (χ0n) is 9.68. The van der Waals surface area contributed by atoms with Crippen LogP contribution in [0.2, 0.25) is 0 Å². The van der Waals surface area contributed by atoms with E-state index in [1.807, 2.05) is 0 Å². The van der Waals surface area contributed by atoms with E-state index in [0.717, 1.165) is 12.8 Å². The van der Waals surface area contributed by atoms with Crippen LogP contribution < -0.4 is 11.1 Å². The molecule has 0 aromatic rings. The monoisotopic (exact) mass is 243 g/mol. The van der Waals surface area contributed by atoms with Crippen molar-refractivity contribution >= 4 is 17.9 Å². The molecule has 7 heteroatoms. The van der Waals surface area contributed by atoms with Gasteiger partial charge in [0.1, 0.15) is 6.04 Å². The van der Waals surface area contributed by atoms with E-state index in [1.165, 1.54) is 4.90 Å². The first kappa shape index (κ1) is 13.3. The van der Waals surface area contributed by atoms with Crippen LogP contribution in [-0.4, -0.2) is 47.0 Å². The summed E-state index contributed by atoms with van der Waals surface area (Å²) in [6, 6.07) is -1.29. The number of urea groups is 1. The Bertz CT molecular complexity index is 328. The summed E-state index contributed by atoms with van der Waals surface area (Å²) < 4.78 is 0. The number of hydrogen-bond donors (Lipinski definition) is 3. The van der Waals surface area contributed by atoms with Crippen LogP contribution in [0.4, 0.5) is 4.79 Å². The van der Waals surface area contributed by atoms with Gasteiger partial charge in [0.2, 0.25) is 5.91 Å². The van der Waals surface area contributed by atoms with Gasteiger partial charge in [-0.1, -0.05) is 0 Å². The molecular weight excluding hydrogens is 226 g/mol. The van der Waals surface area contributed by atoms with Crippen LogP contribution in [0.3, 0.4) is 0 Å². The van der Waals surface area contributed by atoms with E-state index in [1.54, 1.807) is 7.05 Å². The number of carbonyl (C=O) groups excluding carboxylic acids is 2. The molecule has 3 amide bonds. The summed E-state index contributed by atoms with van der Waals surface area (Å²) in [5.74, 6) is -1.75. The largest absolute Gasteiger partial charge is 0.480 e. The SMILES string of the molecule is CN(C(=O)N[C@H](CCC(N)=O)C(=O)O)C1CC1. The Hall–Kier alpha value is -1.79. The van der Waals surface area contributed by atoms with Gasteiger partial charge in [-0.3, -0.25) is 4.79 Å². The van der Waals surface area contributed by atoms with Gasteiger partial charge < -0.3 is 21.1 Å². The molecule has 0 aromatic carbocycles. The highest BCUT2D eigenvalue weighted by molar-refractivity contribution is 5.83. The number of carboxylic acid groups (broad SMARTS) is 1. The quantitative estimate of drug-likeness (QED) is 0.584. The number of amides is 3. The van der Waals surface area contributed by atoms with Crippen molar-refractivity contribution in [2.45, 2.75) is 37.8 Å². The van der Waals surface area contributed by atoms with Gasteiger partial charge in [-0.05, 0) is 19.3 Å². The molecular formula is C10H17N3O4. The van der Waals surface area contributed by atoms with Crippen LogP contribution >= 0.6 is 0 Å². The number of nitrogens with one attached hydrogen (secondary N) is 1. The number of rotatable bonds is 6. The van der Waals surface area contributed by atoms with E-state index in [9.17, 15) is 14.4 Å². The third kappa shape index (κ3) is 4.29. The molecule has 7 nitrogen and oxygen atoms in total. The lowest BCUT2D eigenvalue weighted by Crippen LogP contribution is -2.47. The van der Waals surface area contributed by atoms with Crippen LogP contribution in [0.25, 0.3) is 0 Å². The Kier molecular flexibility index (Phi) is 4.30. The summed E-state index contributed by atoms with van der Waals surface area (Å²) in [5.41, 5.74) is 4.93. The molecule has 1 atom stereocenters. The number of carboxylic acids is 1. The lowest BCUT2D eigenvalue weighted by molar-refractivity contribution is -0.139. The minimum Gasteiger partial charge on any atom is -0.480 e. The van der Waals surface area contributed by atoms with Crippen molar-refractivity contribution in [1.82, 2.24) is 10.2 Å². The second-order valence-electron chi connectivity index (χ2n) is 4.19. The van der Waals surface area contributed by atoms with Crippen molar-refractivity contribution in [3.63, 3.8) is 0 Å². The fourth-order valence-electron chi connectivity index (χ4n) is 1.42. The molecule has 96 valence electrons. The molecule has 0 bridgehead atoms. The van der Waals surface area contributed by atoms with Crippen LogP contribution in [0.5, 0.6) is 0 Å². The van der Waals surface area contributed by atoms with E-state index in [2.05, 4.69) is 5.32 Å². The Morgan fingerprint density at radius 1 is 1.47 bits per heavy atom. The molecule has 1 rings (SSSR count). The van der Waals surface area contributed by atoms with Crippen LogP contribution in [-0.2, 0) is 9.59 Å². The van der Waals surface area contributed by atoms with Gasteiger partial charge >= 0.3 is 12.0 Å². The summed E-state index contributed by atoms with van der Waals surface area (Å²) in [5, 5.41) is 11.3. The molecule has 1 aliphatic carbocycles. The zero-order chi connectivity index (χ0) is 13.0. The second-order valence-corrected chi connectivity index (χ2v) is 4.19. The fourth-order valence-corrected chi connectivity index (χ4v) is 1.42. The molecule has 0 spiro atoms. The lowest BCUT2D eigenvalue weighted by atomic mass is 10.1. The van der Waals surface area contributed by atoms with E-state index in [4.69, 9.17) is 10.8 Å². The zero-order valence-corrected chi connectivity index (χ0v) is 9.68. The van der Waals surface area contributed by atoms with Gasteiger partial charge in [-0.2, -0.15) is 0 Å². The molecule has 4 N–H and O–H groups in total. The van der Waals surface area contributed by atoms with Crippen molar-refractivity contribution in [2.24, 2.45) is 5.73 Å². The Balaban J connectivity index is 2.44. The number of primary amides is 1. The maximum atomic E-state index is 11.6. The summed E-state index contributed by atoms with van der Waals surface area (Å²) in [6.45, 7) is 0. The molecule has 1 saturated carbocycles. The number of aliphatic carboxylic acids is 1. The van der Waals surface area contributed by atoms with Crippen molar-refractivity contribution in [1.29, 1.82) is 0 Å². The molecule has 1 aliphatic rings. The topological polar surface area (TPSA) is 113 Å². The molecule has 1 fully saturated rings. The van der Waals surface area contributed by atoms with E-state index in [0.29, 0.717) is 0 Å². The van der Waals surface area contributed by atoms with Crippen molar-refractivity contribution in [3.8, 4) is 0 Å². The highest BCUT2D eigenvalue weighted by Gasteiger charge is 2.31. The molecule has 0 unspecified atom stereocenters. The molecule has 17 heavy (non-hydrogen) atoms. The Morgan fingerprint density at radius 2 is 2.06 bits per heavy atom. The highest BCUT2D eigenvalue weighted by atomic mass is 16.4. The van der Waals surface area contributed by atoms with Crippen molar-refractivity contribution in [3.05, 3.63) is 0 Å². The van der Waals surface area contributed by atoms with Crippen LogP contribution in [0.1, 0.15) is 25.7 Å². The Morgan fingerprint density at radius 3 is 2.47 bits per heavy atom.